The van der Waals surface area contributed by atoms with Crippen molar-refractivity contribution in [1.29, 1.82) is 0 Å². The van der Waals surface area contributed by atoms with Crippen molar-refractivity contribution >= 4 is 56.6 Å². The zero-order valence-corrected chi connectivity index (χ0v) is 38.9. The maximum absolute atomic E-state index is 9.00. The van der Waals surface area contributed by atoms with Gasteiger partial charge in [0, 0.05) is 0 Å². The third-order valence-electron chi connectivity index (χ3n) is 14.1. The summed E-state index contributed by atoms with van der Waals surface area (Å²) in [7, 11) is 18.0. The molecule has 0 spiro atoms. The van der Waals surface area contributed by atoms with Crippen LogP contribution >= 0.6 is 17.0 Å². The summed E-state index contributed by atoms with van der Waals surface area (Å²) in [4.78, 5) is 0. The van der Waals surface area contributed by atoms with Crippen molar-refractivity contribution in [2.75, 3.05) is 0 Å². The number of rotatable bonds is 9. The van der Waals surface area contributed by atoms with Crippen LogP contribution in [0.5, 0.6) is 0 Å². The zero-order valence-electron chi connectivity index (χ0n) is 33.8. The number of allylic oxidation sites excluding steroid dienone is 2. The average Bonchev–Trinajstić information content (AvgIpc) is 3.96. The summed E-state index contributed by atoms with van der Waals surface area (Å²) in [6.45, 7) is 14.5. The van der Waals surface area contributed by atoms with E-state index < -0.39 is 21.5 Å². The molecule has 2 atom stereocenters. The predicted molar refractivity (Wildman–Crippen MR) is 245 cm³/mol. The van der Waals surface area contributed by atoms with Crippen molar-refractivity contribution in [3.05, 3.63) is 153 Å². The van der Waals surface area contributed by atoms with Crippen LogP contribution in [0.1, 0.15) is 92.3 Å². The molecule has 0 aliphatic heterocycles. The Kier molecular flexibility index (Phi) is 9.00. The normalized spacial score (nSPS) is 18.9. The van der Waals surface area contributed by atoms with Crippen molar-refractivity contribution in [1.82, 2.24) is 0 Å². The molecular formula is C52H53Cl2SiZr. The molecule has 0 saturated carbocycles. The van der Waals surface area contributed by atoms with Gasteiger partial charge in [0.2, 0.25) is 0 Å². The van der Waals surface area contributed by atoms with Gasteiger partial charge in [-0.2, -0.15) is 0 Å². The molecular weight excluding hydrogens is 815 g/mol. The fraction of sp³-hybridized carbons (Fsp3) is 0.308. The second-order valence-electron chi connectivity index (χ2n) is 18.7. The van der Waals surface area contributed by atoms with Gasteiger partial charge < -0.3 is 0 Å². The van der Waals surface area contributed by atoms with Crippen LogP contribution in [0.25, 0.3) is 56.0 Å². The van der Waals surface area contributed by atoms with Crippen LogP contribution in [0.4, 0.5) is 0 Å². The Labute approximate surface area is 342 Å². The van der Waals surface area contributed by atoms with E-state index in [1.54, 1.807) is 0 Å². The molecule has 0 heterocycles. The number of fused-ring (bicyclic) bond motifs is 2. The number of hydrogen-bond acceptors (Lipinski definition) is 0. The van der Waals surface area contributed by atoms with E-state index in [-0.39, 0.29) is 7.25 Å². The van der Waals surface area contributed by atoms with Gasteiger partial charge in [0.25, 0.3) is 0 Å². The van der Waals surface area contributed by atoms with Gasteiger partial charge in [-0.25, -0.2) is 0 Å². The zero-order chi connectivity index (χ0) is 38.7. The van der Waals surface area contributed by atoms with Crippen molar-refractivity contribution < 1.29 is 15.6 Å². The summed E-state index contributed by atoms with van der Waals surface area (Å²) >= 11 is -5.01. The van der Waals surface area contributed by atoms with E-state index in [2.05, 4.69) is 150 Å². The van der Waals surface area contributed by atoms with Crippen LogP contribution in [0.2, 0.25) is 13.1 Å². The molecule has 4 aliphatic rings. The Balaban J connectivity index is 1.19. The molecule has 0 nitrogen and oxygen atoms in total. The van der Waals surface area contributed by atoms with E-state index in [0.29, 0.717) is 11.8 Å². The van der Waals surface area contributed by atoms with Gasteiger partial charge in [-0.3, -0.25) is 0 Å². The third-order valence-corrected chi connectivity index (χ3v) is 66.0. The summed E-state index contributed by atoms with van der Waals surface area (Å²) in [6, 6.07) is 37.6. The fourth-order valence-electron chi connectivity index (χ4n) is 11.8. The minimum atomic E-state index is -5.01. The number of aryl methyl sites for hydroxylation is 4. The van der Waals surface area contributed by atoms with Crippen molar-refractivity contribution in [2.45, 2.75) is 86.6 Å². The van der Waals surface area contributed by atoms with Crippen LogP contribution in [0.15, 0.2) is 108 Å². The van der Waals surface area contributed by atoms with Crippen molar-refractivity contribution in [3.8, 4) is 22.3 Å². The minimum absolute atomic E-state index is 0.0764. The number of halogens is 2. The topological polar surface area (TPSA) is 0 Å². The molecule has 283 valence electrons. The molecule has 0 saturated heterocycles. The number of hydrogen-bond donors (Lipinski definition) is 0. The summed E-state index contributed by atoms with van der Waals surface area (Å²) in [5.41, 5.74) is 19.7. The quantitative estimate of drug-likeness (QED) is 0.127. The van der Waals surface area contributed by atoms with Gasteiger partial charge in [-0.1, -0.05) is 0 Å². The van der Waals surface area contributed by atoms with Gasteiger partial charge in [-0.15, -0.1) is 0 Å². The summed E-state index contributed by atoms with van der Waals surface area (Å²) in [5.74, 6) is -0.725. The Morgan fingerprint density at radius 2 is 0.911 bits per heavy atom. The molecule has 6 aromatic carbocycles. The first-order valence-electron chi connectivity index (χ1n) is 21.3. The van der Waals surface area contributed by atoms with Crippen molar-refractivity contribution in [2.24, 2.45) is 11.8 Å². The van der Waals surface area contributed by atoms with E-state index in [4.69, 9.17) is 17.0 Å². The maximum atomic E-state index is 9.00. The standard InChI is InChI=1S/2C25H23.C2H7Si.2ClH.Zr/c2*1-16(2)13-17-14-20-6-4-7-21(24(20)15-17)22-12-11-19-10-9-18-5-3-8-23(22)25(18)19;1-3-2;;;/h2*3-8,11-12,14-16H,9-10,13H2,1-2H3;3H,1-2H3;2*1H;/q;;;;;+2/p-2. The molecule has 0 bridgehead atoms. The van der Waals surface area contributed by atoms with E-state index in [9.17, 15) is 0 Å². The van der Waals surface area contributed by atoms with Gasteiger partial charge in [0.1, 0.15) is 0 Å². The molecule has 4 aliphatic carbocycles. The summed E-state index contributed by atoms with van der Waals surface area (Å²) in [5, 5.41) is 5.71. The van der Waals surface area contributed by atoms with E-state index in [1.807, 2.05) is 0 Å². The SMILES string of the molecule is CC(C)CC1=Cc2c(-c3ccc4c5c(cccc35)CC4)cccc2[CH]1[Zr]([Cl])([Cl])([CH]1C(CC(C)C)=Cc2c(-c3ccc4c5c(cccc35)CC4)cccc21)[SiH](C)C. The molecule has 6 aromatic rings. The van der Waals surface area contributed by atoms with Crippen LogP contribution in [0.3, 0.4) is 0 Å². The fourth-order valence-corrected chi connectivity index (χ4v) is 43.2. The van der Waals surface area contributed by atoms with E-state index in [1.165, 1.54) is 99.5 Å². The summed E-state index contributed by atoms with van der Waals surface area (Å²) < 4.78 is 0.153. The second kappa shape index (κ2) is 13.5. The Bertz CT molecular complexity index is 2500. The average molecular weight is 868 g/mol. The van der Waals surface area contributed by atoms with E-state index >= 15 is 0 Å². The second-order valence-corrected chi connectivity index (χ2v) is 61.2. The first-order chi connectivity index (χ1) is 26.9. The van der Waals surface area contributed by atoms with Gasteiger partial charge >= 0.3 is 346 Å². The Morgan fingerprint density at radius 3 is 1.30 bits per heavy atom. The third kappa shape index (κ3) is 5.45. The number of benzene rings is 6. The van der Waals surface area contributed by atoms with Crippen LogP contribution in [-0.4, -0.2) is 5.92 Å². The first-order valence-corrected chi connectivity index (χ1v) is 37.6. The first kappa shape index (κ1) is 37.3. The van der Waals surface area contributed by atoms with E-state index in [0.717, 1.165) is 38.5 Å². The van der Waals surface area contributed by atoms with Crippen LogP contribution < -0.4 is 0 Å². The summed E-state index contributed by atoms with van der Waals surface area (Å²) in [6.07, 6.45) is 11.7. The van der Waals surface area contributed by atoms with Gasteiger partial charge in [0.05, 0.1) is 0 Å². The Hall–Kier alpha value is -3.00. The van der Waals surface area contributed by atoms with Crippen molar-refractivity contribution in [3.63, 3.8) is 0 Å². The molecule has 10 rings (SSSR count). The molecule has 0 amide bonds. The van der Waals surface area contributed by atoms with Crippen LogP contribution in [0, 0.1) is 11.8 Å². The molecule has 4 heteroatoms. The van der Waals surface area contributed by atoms with Gasteiger partial charge in [0.15, 0.2) is 0 Å². The van der Waals surface area contributed by atoms with Gasteiger partial charge in [-0.05, 0) is 0 Å². The molecule has 0 N–H and O–H groups in total. The molecule has 0 radical (unpaired) electrons. The molecule has 56 heavy (non-hydrogen) atoms. The molecule has 2 unspecified atom stereocenters. The van der Waals surface area contributed by atoms with Crippen LogP contribution in [-0.2, 0) is 41.2 Å². The monoisotopic (exact) mass is 865 g/mol. The predicted octanol–water partition coefficient (Wildman–Crippen LogP) is 15.2. The molecule has 0 aromatic heterocycles. The molecule has 0 fully saturated rings. The Morgan fingerprint density at radius 1 is 0.518 bits per heavy atom.